The number of hydrogen-bond acceptors (Lipinski definition) is 28. The predicted molar refractivity (Wildman–Crippen MR) is 419 cm³/mol. The third-order valence-electron chi connectivity index (χ3n) is 15.5. The fraction of sp³-hybridized carbons (Fsp3) is 0.500. The lowest BCUT2D eigenvalue weighted by Gasteiger charge is -2.39. The number of carbonyl (C=O) groups excluding carboxylic acids is 9. The van der Waals surface area contributed by atoms with Crippen molar-refractivity contribution < 1.29 is 120 Å². The number of likely N-dealkylation sites (N-methyl/N-ethyl adjacent to an activating group) is 5. The highest BCUT2D eigenvalue weighted by Crippen LogP contribution is 2.45. The van der Waals surface area contributed by atoms with Gasteiger partial charge >= 0.3 is 0 Å². The van der Waals surface area contributed by atoms with E-state index in [0.717, 1.165) is 40.7 Å². The van der Waals surface area contributed by atoms with Gasteiger partial charge in [-0.3, -0.25) is 43.2 Å². The molecule has 3 aromatic rings. The Bertz CT molecular complexity index is 3390. The van der Waals surface area contributed by atoms with Crippen molar-refractivity contribution in [2.45, 2.75) is 79.1 Å². The van der Waals surface area contributed by atoms with Crippen LogP contribution in [-0.2, 0) is 14.4 Å². The fourth-order valence-corrected chi connectivity index (χ4v) is 24.5. The fourth-order valence-electron chi connectivity index (χ4n) is 9.99. The summed E-state index contributed by atoms with van der Waals surface area (Å²) in [5.41, 5.74) is -2.22. The van der Waals surface area contributed by atoms with Crippen molar-refractivity contribution in [3.63, 3.8) is 0 Å². The molecule has 0 aliphatic carbocycles. The number of nitrogens with zero attached hydrogens (tertiary/aromatic N) is 6. The second-order valence-electron chi connectivity index (χ2n) is 21.9. The maximum Gasteiger partial charge on any atom is 0.277 e. The summed E-state index contributed by atoms with van der Waals surface area (Å²) >= 11 is 15.4. The number of nitrogens with one attached hydrogen (secondary N) is 5. The molecule has 9 amide bonds. The first-order valence-corrected chi connectivity index (χ1v) is 37.9. The molecule has 11 unspecified atom stereocenters. The van der Waals surface area contributed by atoms with Gasteiger partial charge in [-0.05, 0) is 217 Å². The predicted octanol–water partition coefficient (Wildman–Crippen LogP) is -4.40. The van der Waals surface area contributed by atoms with Crippen LogP contribution in [0.25, 0.3) is 0 Å². The van der Waals surface area contributed by atoms with E-state index in [1.165, 1.54) is 14.1 Å². The lowest BCUT2D eigenvalue weighted by molar-refractivity contribution is -0.160. The molecule has 0 radical (unpaired) electrons. The molecule has 5 rings (SSSR count). The minimum atomic E-state index is -2.93. The lowest BCUT2D eigenvalue weighted by Crippen LogP contribution is -2.64. The average Bonchev–Trinajstić information content (AvgIpc) is 0.382. The summed E-state index contributed by atoms with van der Waals surface area (Å²) in [6.07, 6.45) is -18.6. The summed E-state index contributed by atoms with van der Waals surface area (Å²) in [7, 11) is 6.08. The van der Waals surface area contributed by atoms with Gasteiger partial charge in [-0.25, -0.2) is 20.9 Å². The Kier molecular flexibility index (Phi) is 33.2. The highest BCUT2D eigenvalue weighted by Gasteiger charge is 2.51. The molecule has 544 valence electrons. The smallest absolute Gasteiger partial charge is 0.277 e. The van der Waals surface area contributed by atoms with E-state index < -0.39 is 192 Å². The second kappa shape index (κ2) is 37.1. The minimum absolute atomic E-state index is 0.000349. The largest absolute Gasteiger partial charge is 0.394 e. The van der Waals surface area contributed by atoms with Gasteiger partial charge in [-0.1, -0.05) is 0 Å². The lowest BCUT2D eigenvalue weighted by atomic mass is 9.88. The Labute approximate surface area is 680 Å². The van der Waals surface area contributed by atoms with E-state index in [2.05, 4.69) is 26.8 Å². The van der Waals surface area contributed by atoms with E-state index in [-0.39, 0.29) is 82.6 Å². The zero-order valence-electron chi connectivity index (χ0n) is 51.4. The molecular formula is C54H66I9N11O24. The molecule has 4 bridgehead atoms. The third kappa shape index (κ3) is 17.7. The van der Waals surface area contributed by atoms with Crippen LogP contribution in [0.4, 0.5) is 17.1 Å². The van der Waals surface area contributed by atoms with Crippen LogP contribution >= 0.6 is 203 Å². The summed E-state index contributed by atoms with van der Waals surface area (Å²) in [6, 6.07) is 0. The zero-order chi connectivity index (χ0) is 74.6. The summed E-state index contributed by atoms with van der Waals surface area (Å²) in [4.78, 5) is 136. The van der Waals surface area contributed by atoms with Crippen LogP contribution in [0.5, 0.6) is 0 Å². The van der Waals surface area contributed by atoms with Gasteiger partial charge in [0.25, 0.3) is 53.2 Å². The van der Waals surface area contributed by atoms with Crippen molar-refractivity contribution in [2.75, 3.05) is 109 Å². The molecule has 44 heteroatoms. The number of aliphatic hydroxyl groups is 15. The molecule has 35 nitrogen and oxygen atoms in total. The summed E-state index contributed by atoms with van der Waals surface area (Å²) in [5.74, 6) is -10.1. The Morgan fingerprint density at radius 1 is 0.459 bits per heavy atom. The highest BCUT2D eigenvalue weighted by molar-refractivity contribution is 14.1. The first-order valence-electron chi connectivity index (χ1n) is 28.2. The summed E-state index contributed by atoms with van der Waals surface area (Å²) < 4.78 is -0.119. The number of benzene rings is 3. The third-order valence-corrected chi connectivity index (χ3v) is 25.1. The van der Waals surface area contributed by atoms with Gasteiger partial charge in [0.1, 0.15) is 18.3 Å². The molecule has 0 fully saturated rings. The molecule has 2 aliphatic heterocycles. The number of aliphatic hydroxyl groups excluding tert-OH is 13. The van der Waals surface area contributed by atoms with E-state index in [4.69, 9.17) is 0 Å². The van der Waals surface area contributed by atoms with Crippen molar-refractivity contribution in [1.29, 1.82) is 0 Å². The maximum atomic E-state index is 16.1. The number of hydrogen-bond donors (Lipinski definition) is 20. The molecule has 3 aromatic carbocycles. The van der Waals surface area contributed by atoms with Gasteiger partial charge in [0.15, 0.2) is 17.3 Å². The number of fused-ring (bicyclic) bond motifs is 4. The van der Waals surface area contributed by atoms with Crippen molar-refractivity contribution in [3.05, 3.63) is 65.5 Å². The van der Waals surface area contributed by atoms with Crippen LogP contribution in [0.3, 0.4) is 0 Å². The molecule has 98 heavy (non-hydrogen) atoms. The van der Waals surface area contributed by atoms with E-state index in [1.807, 2.05) is 0 Å². The van der Waals surface area contributed by atoms with E-state index in [9.17, 15) is 115 Å². The Morgan fingerprint density at radius 2 is 0.796 bits per heavy atom. The van der Waals surface area contributed by atoms with Gasteiger partial charge in [0.2, 0.25) is 0 Å². The molecule has 20 N–H and O–H groups in total. The van der Waals surface area contributed by atoms with Crippen LogP contribution < -0.4 is 41.5 Å². The molecular weight excluding hydrogens is 2330 g/mol. The Morgan fingerprint density at radius 3 is 1.11 bits per heavy atom. The SMILES string of the molecule is CNC(CN(CC(NC)NN1C(=O)c2c(I)c(c(I)c(N(C)C(=O)C(O)(CC(O)CO)C(O)CO)c2I)C1=O)C(=O)c1c(I)c(C(=O)NCC(O)CO)c(I)c(N(C)C(=O)C(O)C(O)CO)c1I)NN1C(=O)c2c(I)c(c(I)c(N(C)C(=O)C(O)(CC(O)CO)C(O)CO)c2I)C1=O. The van der Waals surface area contributed by atoms with Crippen LogP contribution in [0, 0.1) is 32.1 Å². The van der Waals surface area contributed by atoms with E-state index in [0.29, 0.717) is 10.0 Å². The standard InChI is InChI=1S/C54H66I9N11O24/c1-64-23(67-73-46(90)27-32(56)28(47(73)91)37(61)41(36(27)60)70(4)51(95)53(97,21(85)15-79)6-17(81)11-75)9-72(45(89)26-31(55)25(44(88)66-8-19(83)13-77)34(58)40(35(26)59)69(3)50(94)43(87)20(84)14-78)10-24(65-2)68-74-48(92)29-33(57)30(49(74)93)39(63)42(38(29)62)71(5)52(96)54(98,22(86)16-80)7-18(82)12-76/h17-24,43,64-65,67-68,75-87,97-98H,6-16H2,1-5H3,(H,66,88). The second-order valence-corrected chi connectivity index (χ2v) is 31.6. The summed E-state index contributed by atoms with van der Waals surface area (Å²) in [5, 5.41) is 164. The van der Waals surface area contributed by atoms with Crippen molar-refractivity contribution in [2.24, 2.45) is 0 Å². The maximum absolute atomic E-state index is 16.1. The van der Waals surface area contributed by atoms with Crippen LogP contribution in [-0.4, -0.2) is 305 Å². The number of rotatable bonds is 33. The number of carbonyl (C=O) groups is 9. The Balaban J connectivity index is 1.71. The first-order chi connectivity index (χ1) is 45.7. The molecule has 11 atom stereocenters. The number of imide groups is 2. The van der Waals surface area contributed by atoms with Gasteiger partial charge < -0.3 is 112 Å². The molecule has 0 spiro atoms. The quantitative estimate of drug-likeness (QED) is 0.0156. The van der Waals surface area contributed by atoms with Gasteiger partial charge in [0, 0.05) is 51.2 Å². The molecule has 2 heterocycles. The van der Waals surface area contributed by atoms with Crippen molar-refractivity contribution in [3.8, 4) is 0 Å². The molecule has 0 saturated heterocycles. The van der Waals surface area contributed by atoms with E-state index >= 15 is 4.79 Å². The minimum Gasteiger partial charge on any atom is -0.394 e. The normalized spacial score (nSPS) is 17.1. The van der Waals surface area contributed by atoms with Crippen LogP contribution in [0.1, 0.15) is 75.0 Å². The van der Waals surface area contributed by atoms with Crippen molar-refractivity contribution in [1.82, 2.24) is 41.7 Å². The van der Waals surface area contributed by atoms with Gasteiger partial charge in [0.05, 0.1) is 155 Å². The first kappa shape index (κ1) is 87.7. The number of halogens is 9. The average molecular weight is 2400 g/mol. The zero-order valence-corrected chi connectivity index (χ0v) is 70.9. The Hall–Kier alpha value is -0.900. The topological polar surface area (TPSA) is 537 Å². The van der Waals surface area contributed by atoms with Gasteiger partial charge in [-0.15, -0.1) is 0 Å². The molecule has 2 aliphatic rings. The van der Waals surface area contributed by atoms with Gasteiger partial charge in [-0.2, -0.15) is 0 Å². The highest BCUT2D eigenvalue weighted by atomic mass is 127. The monoisotopic (exact) mass is 2390 g/mol. The van der Waals surface area contributed by atoms with Crippen LogP contribution in [0.2, 0.25) is 0 Å². The molecule has 0 aromatic heterocycles. The number of amides is 9. The van der Waals surface area contributed by atoms with Crippen molar-refractivity contribution >= 4 is 274 Å². The van der Waals surface area contributed by atoms with Crippen LogP contribution in [0.15, 0.2) is 0 Å². The number of hydrazine groups is 2. The van der Waals surface area contributed by atoms with E-state index in [1.54, 1.807) is 203 Å². The number of anilines is 3. The molecule has 0 saturated carbocycles. The summed E-state index contributed by atoms with van der Waals surface area (Å²) in [6.45, 7) is -8.04.